The first-order valence-corrected chi connectivity index (χ1v) is 5.44. The first kappa shape index (κ1) is 12.1. The van der Waals surface area contributed by atoms with Crippen LogP contribution < -0.4 is 10.6 Å². The largest absolute Gasteiger partial charge is 0.393 e. The van der Waals surface area contributed by atoms with E-state index >= 15 is 0 Å². The highest BCUT2D eigenvalue weighted by atomic mass is 35.5. The van der Waals surface area contributed by atoms with Crippen molar-refractivity contribution < 1.29 is 0 Å². The number of nitrogens with zero attached hydrogens (tertiary/aromatic N) is 3. The summed E-state index contributed by atoms with van der Waals surface area (Å²) in [5, 5.41) is 8.16. The van der Waals surface area contributed by atoms with Gasteiger partial charge in [-0.05, 0) is 19.1 Å². The Morgan fingerprint density at radius 1 is 1.53 bits per heavy atom. The van der Waals surface area contributed by atoms with Crippen molar-refractivity contribution in [2.24, 2.45) is 5.73 Å². The standard InChI is InChI=1S/C9H13ClN4S/c1-2-14(6-5-8(11)15)9-4-3-7(10)12-13-9/h3-4H,2,5-6H2,1H3,(H2,11,15). The number of aromatic nitrogens is 2. The van der Waals surface area contributed by atoms with Crippen molar-refractivity contribution in [3.8, 4) is 0 Å². The number of hydrogen-bond donors (Lipinski definition) is 1. The Balaban J connectivity index is 2.65. The van der Waals surface area contributed by atoms with Gasteiger partial charge in [-0.1, -0.05) is 23.8 Å². The number of rotatable bonds is 5. The Labute approximate surface area is 99.4 Å². The molecule has 0 fully saturated rings. The average Bonchev–Trinajstić information content (AvgIpc) is 2.21. The maximum atomic E-state index is 5.65. The van der Waals surface area contributed by atoms with Gasteiger partial charge in [-0.25, -0.2) is 0 Å². The molecule has 0 aromatic carbocycles. The molecule has 1 aromatic heterocycles. The van der Waals surface area contributed by atoms with E-state index in [1.807, 2.05) is 17.9 Å². The first-order valence-electron chi connectivity index (χ1n) is 4.66. The van der Waals surface area contributed by atoms with E-state index in [1.54, 1.807) is 6.07 Å². The molecule has 0 saturated heterocycles. The van der Waals surface area contributed by atoms with Crippen LogP contribution in [0.4, 0.5) is 5.82 Å². The third kappa shape index (κ3) is 3.97. The zero-order valence-corrected chi connectivity index (χ0v) is 10.1. The summed E-state index contributed by atoms with van der Waals surface area (Å²) in [5.41, 5.74) is 5.45. The lowest BCUT2D eigenvalue weighted by atomic mass is 10.3. The maximum absolute atomic E-state index is 5.65. The van der Waals surface area contributed by atoms with Crippen molar-refractivity contribution >= 4 is 34.6 Å². The minimum absolute atomic E-state index is 0.393. The lowest BCUT2D eigenvalue weighted by Gasteiger charge is -2.20. The second-order valence-corrected chi connectivity index (χ2v) is 3.92. The summed E-state index contributed by atoms with van der Waals surface area (Å²) in [6.45, 7) is 3.62. The molecule has 0 bridgehead atoms. The fourth-order valence-electron chi connectivity index (χ4n) is 1.16. The molecule has 0 aliphatic rings. The van der Waals surface area contributed by atoms with Crippen molar-refractivity contribution in [2.45, 2.75) is 13.3 Å². The topological polar surface area (TPSA) is 55.0 Å². The van der Waals surface area contributed by atoms with Gasteiger partial charge >= 0.3 is 0 Å². The predicted octanol–water partition coefficient (Wildman–Crippen LogP) is 1.63. The lowest BCUT2D eigenvalue weighted by molar-refractivity contribution is 0.802. The number of hydrogen-bond acceptors (Lipinski definition) is 4. The van der Waals surface area contributed by atoms with Gasteiger partial charge in [0.1, 0.15) is 0 Å². The number of halogens is 1. The fraction of sp³-hybridized carbons (Fsp3) is 0.444. The van der Waals surface area contributed by atoms with Crippen LogP contribution in [0.25, 0.3) is 0 Å². The van der Waals surface area contributed by atoms with Crippen molar-refractivity contribution in [2.75, 3.05) is 18.0 Å². The highest BCUT2D eigenvalue weighted by molar-refractivity contribution is 7.80. The van der Waals surface area contributed by atoms with Crippen LogP contribution in [0.3, 0.4) is 0 Å². The van der Waals surface area contributed by atoms with Gasteiger partial charge in [0, 0.05) is 19.5 Å². The Morgan fingerprint density at radius 3 is 2.73 bits per heavy atom. The smallest absolute Gasteiger partial charge is 0.151 e. The van der Waals surface area contributed by atoms with Gasteiger partial charge in [0.25, 0.3) is 0 Å². The zero-order chi connectivity index (χ0) is 11.3. The summed E-state index contributed by atoms with van der Waals surface area (Å²) >= 11 is 10.5. The molecular formula is C9H13ClN4S. The summed E-state index contributed by atoms with van der Waals surface area (Å²) in [6.07, 6.45) is 0.674. The number of nitrogens with two attached hydrogens (primary N) is 1. The molecule has 0 atom stereocenters. The maximum Gasteiger partial charge on any atom is 0.151 e. The van der Waals surface area contributed by atoms with Gasteiger partial charge in [0.2, 0.25) is 0 Å². The van der Waals surface area contributed by atoms with Gasteiger partial charge in [0.05, 0.1) is 4.99 Å². The molecule has 0 aliphatic carbocycles. The molecule has 1 heterocycles. The molecule has 0 radical (unpaired) electrons. The van der Waals surface area contributed by atoms with Crippen LogP contribution in [0.1, 0.15) is 13.3 Å². The molecule has 82 valence electrons. The zero-order valence-electron chi connectivity index (χ0n) is 8.48. The molecular weight excluding hydrogens is 232 g/mol. The Morgan fingerprint density at radius 2 is 2.27 bits per heavy atom. The molecule has 0 aliphatic heterocycles. The average molecular weight is 245 g/mol. The van der Waals surface area contributed by atoms with E-state index in [4.69, 9.17) is 29.6 Å². The molecule has 1 rings (SSSR count). The van der Waals surface area contributed by atoms with Gasteiger partial charge in [-0.2, -0.15) is 0 Å². The summed E-state index contributed by atoms with van der Waals surface area (Å²) in [6, 6.07) is 3.55. The van der Waals surface area contributed by atoms with Crippen LogP contribution in [-0.2, 0) is 0 Å². The van der Waals surface area contributed by atoms with Crippen LogP contribution in [0, 0.1) is 0 Å². The van der Waals surface area contributed by atoms with Crippen LogP contribution in [0.5, 0.6) is 0 Å². The quantitative estimate of drug-likeness (QED) is 0.798. The number of anilines is 1. The van der Waals surface area contributed by atoms with Crippen LogP contribution >= 0.6 is 23.8 Å². The van der Waals surface area contributed by atoms with Crippen LogP contribution in [0.2, 0.25) is 5.15 Å². The lowest BCUT2D eigenvalue weighted by Crippen LogP contribution is -2.28. The second-order valence-electron chi connectivity index (χ2n) is 3.01. The molecule has 0 unspecified atom stereocenters. The molecule has 1 aromatic rings. The summed E-state index contributed by atoms with van der Waals surface area (Å²) in [5.74, 6) is 0.790. The predicted molar refractivity (Wildman–Crippen MR) is 66.3 cm³/mol. The second kappa shape index (κ2) is 5.82. The van der Waals surface area contributed by atoms with E-state index in [9.17, 15) is 0 Å². The van der Waals surface area contributed by atoms with Crippen molar-refractivity contribution in [1.29, 1.82) is 0 Å². The highest BCUT2D eigenvalue weighted by Gasteiger charge is 2.06. The highest BCUT2D eigenvalue weighted by Crippen LogP contribution is 2.11. The van der Waals surface area contributed by atoms with Gasteiger partial charge in [-0.3, -0.25) is 0 Å². The minimum atomic E-state index is 0.393. The van der Waals surface area contributed by atoms with E-state index in [1.165, 1.54) is 0 Å². The first-order chi connectivity index (χ1) is 7.13. The summed E-state index contributed by atoms with van der Waals surface area (Å²) in [7, 11) is 0. The molecule has 0 saturated carbocycles. The Bertz CT molecular complexity index is 327. The molecule has 0 amide bonds. The normalized spacial score (nSPS) is 10.0. The van der Waals surface area contributed by atoms with Crippen molar-refractivity contribution in [3.63, 3.8) is 0 Å². The molecule has 15 heavy (non-hydrogen) atoms. The number of thiocarbonyl (C=S) groups is 1. The minimum Gasteiger partial charge on any atom is -0.393 e. The SMILES string of the molecule is CCN(CCC(N)=S)c1ccc(Cl)nn1. The molecule has 6 heteroatoms. The van der Waals surface area contributed by atoms with E-state index < -0.39 is 0 Å². The van der Waals surface area contributed by atoms with Gasteiger partial charge in [-0.15, -0.1) is 10.2 Å². The van der Waals surface area contributed by atoms with Crippen LogP contribution in [0.15, 0.2) is 12.1 Å². The van der Waals surface area contributed by atoms with Crippen LogP contribution in [-0.4, -0.2) is 28.3 Å². The van der Waals surface area contributed by atoms with E-state index in [-0.39, 0.29) is 0 Å². The summed E-state index contributed by atoms with van der Waals surface area (Å²) < 4.78 is 0. The third-order valence-corrected chi connectivity index (χ3v) is 2.36. The van der Waals surface area contributed by atoms with Gasteiger partial charge in [0.15, 0.2) is 11.0 Å². The van der Waals surface area contributed by atoms with Gasteiger partial charge < -0.3 is 10.6 Å². The monoisotopic (exact) mass is 244 g/mol. The van der Waals surface area contributed by atoms with E-state index in [0.29, 0.717) is 16.6 Å². The summed E-state index contributed by atoms with van der Waals surface area (Å²) in [4.78, 5) is 2.55. The molecule has 4 nitrogen and oxygen atoms in total. The van der Waals surface area contributed by atoms with Crippen molar-refractivity contribution in [1.82, 2.24) is 10.2 Å². The fourth-order valence-corrected chi connectivity index (χ4v) is 1.35. The van der Waals surface area contributed by atoms with Crippen molar-refractivity contribution in [3.05, 3.63) is 17.3 Å². The molecule has 0 spiro atoms. The van der Waals surface area contributed by atoms with E-state index in [2.05, 4.69) is 10.2 Å². The van der Waals surface area contributed by atoms with E-state index in [0.717, 1.165) is 18.9 Å². The Kier molecular flexibility index (Phi) is 4.71. The third-order valence-electron chi connectivity index (χ3n) is 1.95. The Hall–Kier alpha value is -0.940. The molecule has 2 N–H and O–H groups in total.